The molecule has 0 atom stereocenters. The molecule has 0 aromatic heterocycles. The number of nitrogens with two attached hydrogens (primary N) is 1. The van der Waals surface area contributed by atoms with Gasteiger partial charge >= 0.3 is 0 Å². The van der Waals surface area contributed by atoms with E-state index in [9.17, 15) is 4.39 Å². The van der Waals surface area contributed by atoms with Crippen molar-refractivity contribution in [3.63, 3.8) is 0 Å². The zero-order chi connectivity index (χ0) is 11.2. The van der Waals surface area contributed by atoms with Crippen molar-refractivity contribution in [1.82, 2.24) is 5.32 Å². The fourth-order valence-corrected chi connectivity index (χ4v) is 2.28. The van der Waals surface area contributed by atoms with Gasteiger partial charge in [-0.2, -0.15) is 0 Å². The fourth-order valence-electron chi connectivity index (χ4n) is 2.28. The number of halogens is 1. The zero-order valence-electron chi connectivity index (χ0n) is 8.83. The van der Waals surface area contributed by atoms with Gasteiger partial charge in [0.05, 0.1) is 5.54 Å². The number of fused-ring (bicyclic) bond motifs is 1. The third-order valence-corrected chi connectivity index (χ3v) is 3.29. The van der Waals surface area contributed by atoms with Crippen LogP contribution >= 0.6 is 0 Å². The molecule has 0 saturated carbocycles. The van der Waals surface area contributed by atoms with E-state index in [0.717, 1.165) is 24.0 Å². The normalized spacial score (nSPS) is 18.4. The third-order valence-electron chi connectivity index (χ3n) is 3.29. The maximum atomic E-state index is 13.6. The molecule has 3 heteroatoms. The van der Waals surface area contributed by atoms with Crippen molar-refractivity contribution >= 4 is 10.8 Å². The van der Waals surface area contributed by atoms with E-state index in [2.05, 4.69) is 5.32 Å². The Balaban J connectivity index is 2.30. The Morgan fingerprint density at radius 1 is 1.06 bits per heavy atom. The van der Waals surface area contributed by atoms with Crippen LogP contribution in [0.4, 0.5) is 4.39 Å². The topological polar surface area (TPSA) is 38.0 Å². The average Bonchev–Trinajstić information content (AvgIpc) is 2.27. The van der Waals surface area contributed by atoms with Crippen molar-refractivity contribution in [2.24, 2.45) is 5.73 Å². The minimum atomic E-state index is -0.340. The van der Waals surface area contributed by atoms with Crippen molar-refractivity contribution in [3.05, 3.63) is 47.8 Å². The smallest absolute Gasteiger partial charge is 0.131 e. The Bertz CT molecular complexity index is 547. The second-order valence-corrected chi connectivity index (χ2v) is 4.40. The van der Waals surface area contributed by atoms with Gasteiger partial charge in [0.2, 0.25) is 0 Å². The van der Waals surface area contributed by atoms with E-state index < -0.39 is 0 Å². The molecular weight excluding hydrogens is 203 g/mol. The van der Waals surface area contributed by atoms with Gasteiger partial charge in [0.25, 0.3) is 0 Å². The predicted octanol–water partition coefficient (Wildman–Crippen LogP) is 1.74. The molecule has 2 aromatic rings. The molecule has 1 aliphatic rings. The lowest BCUT2D eigenvalue weighted by molar-refractivity contribution is 0.289. The van der Waals surface area contributed by atoms with Crippen LogP contribution in [-0.4, -0.2) is 13.1 Å². The van der Waals surface area contributed by atoms with Crippen LogP contribution in [0, 0.1) is 5.82 Å². The quantitative estimate of drug-likeness (QED) is 0.762. The van der Waals surface area contributed by atoms with Crippen LogP contribution in [0.15, 0.2) is 36.4 Å². The second-order valence-electron chi connectivity index (χ2n) is 4.40. The van der Waals surface area contributed by atoms with Gasteiger partial charge in [0, 0.05) is 18.5 Å². The molecule has 0 amide bonds. The summed E-state index contributed by atoms with van der Waals surface area (Å²) in [5.41, 5.74) is 6.95. The monoisotopic (exact) mass is 216 g/mol. The standard InChI is InChI=1S/C13H13FN2/c14-12-6-5-11(13(15)7-16-8-13)9-3-1-2-4-10(9)12/h1-6,16H,7-8,15H2. The zero-order valence-corrected chi connectivity index (χ0v) is 8.83. The first-order valence-corrected chi connectivity index (χ1v) is 5.38. The van der Waals surface area contributed by atoms with Crippen molar-refractivity contribution < 1.29 is 4.39 Å². The Hall–Kier alpha value is -1.45. The molecule has 0 unspecified atom stereocenters. The highest BCUT2D eigenvalue weighted by Gasteiger charge is 2.35. The maximum absolute atomic E-state index is 13.6. The first kappa shape index (κ1) is 9.75. The average molecular weight is 216 g/mol. The van der Waals surface area contributed by atoms with Crippen LogP contribution in [-0.2, 0) is 5.54 Å². The molecule has 3 rings (SSSR count). The molecule has 0 radical (unpaired) electrons. The predicted molar refractivity (Wildman–Crippen MR) is 62.6 cm³/mol. The molecule has 0 spiro atoms. The number of hydrogen-bond donors (Lipinski definition) is 2. The van der Waals surface area contributed by atoms with Gasteiger partial charge in [-0.15, -0.1) is 0 Å². The highest BCUT2D eigenvalue weighted by molar-refractivity contribution is 5.87. The minimum absolute atomic E-state index is 0.185. The number of nitrogens with one attached hydrogen (secondary N) is 1. The van der Waals surface area contributed by atoms with E-state index in [1.807, 2.05) is 18.2 Å². The Kier molecular flexibility index (Phi) is 1.99. The van der Waals surface area contributed by atoms with Gasteiger partial charge in [0.15, 0.2) is 0 Å². The summed E-state index contributed by atoms with van der Waals surface area (Å²) in [5, 5.41) is 4.73. The van der Waals surface area contributed by atoms with Gasteiger partial charge in [-0.05, 0) is 17.0 Å². The molecule has 16 heavy (non-hydrogen) atoms. The highest BCUT2D eigenvalue weighted by Crippen LogP contribution is 2.30. The summed E-state index contributed by atoms with van der Waals surface area (Å²) < 4.78 is 13.6. The molecule has 0 bridgehead atoms. The SMILES string of the molecule is NC1(c2ccc(F)c3ccccc23)CNC1. The summed E-state index contributed by atoms with van der Waals surface area (Å²) in [5.74, 6) is -0.185. The Morgan fingerprint density at radius 3 is 2.38 bits per heavy atom. The highest BCUT2D eigenvalue weighted by atomic mass is 19.1. The Labute approximate surface area is 93.3 Å². The summed E-state index contributed by atoms with van der Waals surface area (Å²) in [6.07, 6.45) is 0. The van der Waals surface area contributed by atoms with E-state index >= 15 is 0 Å². The van der Waals surface area contributed by atoms with Crippen LogP contribution in [0.2, 0.25) is 0 Å². The molecule has 0 aliphatic carbocycles. The van der Waals surface area contributed by atoms with Gasteiger partial charge < -0.3 is 11.1 Å². The summed E-state index contributed by atoms with van der Waals surface area (Å²) in [7, 11) is 0. The molecule has 2 aromatic carbocycles. The summed E-state index contributed by atoms with van der Waals surface area (Å²) in [4.78, 5) is 0. The Morgan fingerprint density at radius 2 is 1.75 bits per heavy atom. The number of benzene rings is 2. The fraction of sp³-hybridized carbons (Fsp3) is 0.231. The molecular formula is C13H13FN2. The lowest BCUT2D eigenvalue weighted by atomic mass is 9.82. The van der Waals surface area contributed by atoms with Crippen LogP contribution in [0.1, 0.15) is 5.56 Å². The van der Waals surface area contributed by atoms with Crippen LogP contribution in [0.3, 0.4) is 0 Å². The van der Waals surface area contributed by atoms with E-state index in [1.54, 1.807) is 12.1 Å². The second kappa shape index (κ2) is 3.27. The van der Waals surface area contributed by atoms with Gasteiger partial charge in [0.1, 0.15) is 5.82 Å². The molecule has 1 heterocycles. The molecule has 3 N–H and O–H groups in total. The van der Waals surface area contributed by atoms with Crippen LogP contribution in [0.25, 0.3) is 10.8 Å². The van der Waals surface area contributed by atoms with Crippen molar-refractivity contribution in [2.75, 3.05) is 13.1 Å². The summed E-state index contributed by atoms with van der Waals surface area (Å²) in [6.45, 7) is 1.51. The first-order valence-electron chi connectivity index (χ1n) is 5.38. The molecule has 1 saturated heterocycles. The largest absolute Gasteiger partial charge is 0.319 e. The van der Waals surface area contributed by atoms with Gasteiger partial charge in [-0.1, -0.05) is 30.3 Å². The third kappa shape index (κ3) is 1.25. The van der Waals surface area contributed by atoms with Crippen molar-refractivity contribution in [2.45, 2.75) is 5.54 Å². The van der Waals surface area contributed by atoms with Crippen molar-refractivity contribution in [1.29, 1.82) is 0 Å². The van der Waals surface area contributed by atoms with E-state index in [-0.39, 0.29) is 11.4 Å². The van der Waals surface area contributed by atoms with Crippen LogP contribution in [0.5, 0.6) is 0 Å². The molecule has 2 nitrogen and oxygen atoms in total. The summed E-state index contributed by atoms with van der Waals surface area (Å²) in [6, 6.07) is 10.8. The number of hydrogen-bond acceptors (Lipinski definition) is 2. The van der Waals surface area contributed by atoms with Crippen LogP contribution < -0.4 is 11.1 Å². The molecule has 1 aliphatic heterocycles. The first-order chi connectivity index (χ1) is 7.71. The lowest BCUT2D eigenvalue weighted by Gasteiger charge is -2.40. The van der Waals surface area contributed by atoms with E-state index in [0.29, 0.717) is 5.39 Å². The van der Waals surface area contributed by atoms with E-state index in [1.165, 1.54) is 6.07 Å². The van der Waals surface area contributed by atoms with Crippen molar-refractivity contribution in [3.8, 4) is 0 Å². The lowest BCUT2D eigenvalue weighted by Crippen LogP contribution is -2.62. The molecule has 82 valence electrons. The molecule has 1 fully saturated rings. The van der Waals surface area contributed by atoms with Gasteiger partial charge in [-0.25, -0.2) is 4.39 Å². The number of rotatable bonds is 1. The van der Waals surface area contributed by atoms with E-state index in [4.69, 9.17) is 5.73 Å². The summed E-state index contributed by atoms with van der Waals surface area (Å²) >= 11 is 0. The van der Waals surface area contributed by atoms with Gasteiger partial charge in [-0.3, -0.25) is 0 Å². The maximum Gasteiger partial charge on any atom is 0.131 e. The minimum Gasteiger partial charge on any atom is -0.319 e.